The zero-order valence-electron chi connectivity index (χ0n) is 16.4. The summed E-state index contributed by atoms with van der Waals surface area (Å²) in [5.74, 6) is 0.340. The van der Waals surface area contributed by atoms with Crippen LogP contribution in [-0.4, -0.2) is 44.8 Å². The maximum atomic E-state index is 12.3. The highest BCUT2D eigenvalue weighted by atomic mass is 16.5. The van der Waals surface area contributed by atoms with Gasteiger partial charge in [-0.05, 0) is 49.8 Å². The molecule has 8 nitrogen and oxygen atoms in total. The van der Waals surface area contributed by atoms with Gasteiger partial charge in [0.1, 0.15) is 11.4 Å². The van der Waals surface area contributed by atoms with Crippen molar-refractivity contribution >= 4 is 18.5 Å². The van der Waals surface area contributed by atoms with Gasteiger partial charge >= 0.3 is 7.12 Å². The van der Waals surface area contributed by atoms with Crippen molar-refractivity contribution in [1.82, 2.24) is 15.3 Å². The maximum Gasteiger partial charge on any atom is 0.492 e. The molecule has 3 N–H and O–H groups in total. The van der Waals surface area contributed by atoms with Crippen molar-refractivity contribution in [2.45, 2.75) is 52.4 Å². The lowest BCUT2D eigenvalue weighted by Gasteiger charge is -2.29. The minimum Gasteiger partial charge on any atom is -0.437 e. The Balaban J connectivity index is 1.72. The molecule has 28 heavy (non-hydrogen) atoms. The van der Waals surface area contributed by atoms with Crippen molar-refractivity contribution in [3.05, 3.63) is 41.3 Å². The molecule has 0 radical (unpaired) electrons. The first-order chi connectivity index (χ1) is 13.2. The Bertz CT molecular complexity index is 867. The van der Waals surface area contributed by atoms with Gasteiger partial charge in [0.2, 0.25) is 5.88 Å². The number of hydrogen-bond acceptors (Lipinski definition) is 7. The molecule has 1 unspecified atom stereocenters. The highest BCUT2D eigenvalue weighted by Gasteiger charge is 2.31. The summed E-state index contributed by atoms with van der Waals surface area (Å²) in [5.41, 5.74) is 1.48. The van der Waals surface area contributed by atoms with Gasteiger partial charge in [-0.1, -0.05) is 13.0 Å². The van der Waals surface area contributed by atoms with Crippen LogP contribution in [0.2, 0.25) is 0 Å². The van der Waals surface area contributed by atoms with Crippen molar-refractivity contribution in [3.8, 4) is 11.6 Å². The molecule has 148 valence electrons. The minimum atomic E-state index is -1.04. The molecule has 1 aromatic carbocycles. The summed E-state index contributed by atoms with van der Waals surface area (Å²) < 4.78 is 11.0. The van der Waals surface area contributed by atoms with E-state index in [0.29, 0.717) is 24.2 Å². The molecule has 2 aromatic rings. The van der Waals surface area contributed by atoms with E-state index in [2.05, 4.69) is 15.3 Å². The van der Waals surface area contributed by atoms with E-state index < -0.39 is 24.7 Å². The lowest BCUT2D eigenvalue weighted by atomic mass is 9.76. The molecule has 0 spiro atoms. The van der Waals surface area contributed by atoms with Crippen LogP contribution < -0.4 is 15.5 Å². The molecular formula is C19H24BN3O5. The summed E-state index contributed by atoms with van der Waals surface area (Å²) in [6.07, 6.45) is 3.26. The van der Waals surface area contributed by atoms with Gasteiger partial charge in [-0.3, -0.25) is 4.79 Å². The third-order valence-corrected chi connectivity index (χ3v) is 4.84. The maximum absolute atomic E-state index is 12.3. The minimum absolute atomic E-state index is 0.129. The zero-order valence-corrected chi connectivity index (χ0v) is 16.4. The number of benzene rings is 1. The van der Waals surface area contributed by atoms with Crippen molar-refractivity contribution in [3.63, 3.8) is 0 Å². The van der Waals surface area contributed by atoms with Crippen molar-refractivity contribution in [2.75, 3.05) is 0 Å². The summed E-state index contributed by atoms with van der Waals surface area (Å²) in [7, 11) is -0.960. The standard InChI is InChI=1S/C19H24BN3O5/c1-5-15(19(3,4)25)23-18(24)13-8-22-16(9-21-13)28-14-7-6-12-10-27-20(26)17(12)11(14)2/h6-9,15,25-26H,5,10H2,1-4H3,(H,23,24). The molecule has 0 aliphatic carbocycles. The van der Waals surface area contributed by atoms with E-state index >= 15 is 0 Å². The third-order valence-electron chi connectivity index (χ3n) is 4.84. The number of amides is 1. The fourth-order valence-electron chi connectivity index (χ4n) is 3.21. The molecule has 0 fully saturated rings. The topological polar surface area (TPSA) is 114 Å². The Kier molecular flexibility index (Phi) is 5.69. The number of hydrogen-bond donors (Lipinski definition) is 3. The predicted octanol–water partition coefficient (Wildman–Crippen LogP) is 1.07. The van der Waals surface area contributed by atoms with Crippen LogP contribution in [0.15, 0.2) is 24.5 Å². The van der Waals surface area contributed by atoms with Crippen molar-refractivity contribution < 1.29 is 24.3 Å². The summed E-state index contributed by atoms with van der Waals surface area (Å²) >= 11 is 0. The summed E-state index contributed by atoms with van der Waals surface area (Å²) in [5, 5.41) is 22.8. The SMILES string of the molecule is CCC(NC(=O)c1cnc(Oc2ccc3c(c2C)B(O)OC3)cn1)C(C)(C)O. The van der Waals surface area contributed by atoms with Gasteiger partial charge in [0.15, 0.2) is 0 Å². The molecule has 0 saturated carbocycles. The van der Waals surface area contributed by atoms with Crippen LogP contribution in [0.3, 0.4) is 0 Å². The number of rotatable bonds is 6. The van der Waals surface area contributed by atoms with Gasteiger partial charge in [0.05, 0.1) is 30.6 Å². The second-order valence-electron chi connectivity index (χ2n) is 7.35. The largest absolute Gasteiger partial charge is 0.492 e. The molecule has 3 rings (SSSR count). The summed E-state index contributed by atoms with van der Waals surface area (Å²) in [6, 6.07) is 3.22. The van der Waals surface area contributed by atoms with E-state index in [-0.39, 0.29) is 11.6 Å². The zero-order chi connectivity index (χ0) is 20.5. The van der Waals surface area contributed by atoms with E-state index in [1.54, 1.807) is 19.9 Å². The Hall–Kier alpha value is -2.49. The molecule has 1 atom stereocenters. The highest BCUT2D eigenvalue weighted by Crippen LogP contribution is 2.25. The van der Waals surface area contributed by atoms with Crippen LogP contribution in [-0.2, 0) is 11.3 Å². The lowest BCUT2D eigenvalue weighted by Crippen LogP contribution is -2.49. The van der Waals surface area contributed by atoms with Crippen LogP contribution in [0.1, 0.15) is 48.8 Å². The fourth-order valence-corrected chi connectivity index (χ4v) is 3.21. The molecule has 1 aliphatic rings. The monoisotopic (exact) mass is 385 g/mol. The van der Waals surface area contributed by atoms with Gasteiger partial charge in [-0.25, -0.2) is 9.97 Å². The molecular weight excluding hydrogens is 361 g/mol. The van der Waals surface area contributed by atoms with Gasteiger partial charge < -0.3 is 24.8 Å². The van der Waals surface area contributed by atoms with Gasteiger partial charge in [0, 0.05) is 0 Å². The quantitative estimate of drug-likeness (QED) is 0.638. The Morgan fingerprint density at radius 3 is 2.75 bits per heavy atom. The van der Waals surface area contributed by atoms with Crippen LogP contribution in [0.5, 0.6) is 11.6 Å². The number of nitrogens with one attached hydrogen (secondary N) is 1. The van der Waals surface area contributed by atoms with Crippen molar-refractivity contribution in [1.29, 1.82) is 0 Å². The molecule has 0 bridgehead atoms. The van der Waals surface area contributed by atoms with Crippen LogP contribution in [0.25, 0.3) is 0 Å². The summed E-state index contributed by atoms with van der Waals surface area (Å²) in [4.78, 5) is 20.6. The molecule has 1 aromatic heterocycles. The van der Waals surface area contributed by atoms with Gasteiger partial charge in [-0.2, -0.15) is 0 Å². The predicted molar refractivity (Wildman–Crippen MR) is 104 cm³/mol. The van der Waals surface area contributed by atoms with Gasteiger partial charge in [0.25, 0.3) is 5.91 Å². The highest BCUT2D eigenvalue weighted by molar-refractivity contribution is 6.62. The first-order valence-corrected chi connectivity index (χ1v) is 9.16. The Labute approximate surface area is 164 Å². The van der Waals surface area contributed by atoms with E-state index in [1.807, 2.05) is 19.9 Å². The Morgan fingerprint density at radius 1 is 1.39 bits per heavy atom. The molecule has 9 heteroatoms. The number of carbonyl (C=O) groups excluding carboxylic acids is 1. The number of aromatic nitrogens is 2. The Morgan fingerprint density at radius 2 is 2.14 bits per heavy atom. The van der Waals surface area contributed by atoms with E-state index in [1.165, 1.54) is 12.4 Å². The van der Waals surface area contributed by atoms with E-state index in [0.717, 1.165) is 11.1 Å². The van der Waals surface area contributed by atoms with Crippen LogP contribution in [0, 0.1) is 6.92 Å². The number of aliphatic hydroxyl groups is 1. The fraction of sp³-hybridized carbons (Fsp3) is 0.421. The first kappa shape index (κ1) is 20.3. The van der Waals surface area contributed by atoms with Crippen molar-refractivity contribution in [2.24, 2.45) is 0 Å². The number of ether oxygens (including phenoxy) is 1. The van der Waals surface area contributed by atoms with Gasteiger partial charge in [-0.15, -0.1) is 0 Å². The average molecular weight is 385 g/mol. The van der Waals surface area contributed by atoms with E-state index in [4.69, 9.17) is 9.39 Å². The normalized spacial score (nSPS) is 14.6. The number of fused-ring (bicyclic) bond motifs is 1. The van der Waals surface area contributed by atoms with Crippen LogP contribution in [0.4, 0.5) is 0 Å². The second-order valence-corrected chi connectivity index (χ2v) is 7.35. The average Bonchev–Trinajstić information content (AvgIpc) is 3.03. The van der Waals surface area contributed by atoms with Crippen LogP contribution >= 0.6 is 0 Å². The first-order valence-electron chi connectivity index (χ1n) is 9.16. The molecule has 1 amide bonds. The lowest BCUT2D eigenvalue weighted by molar-refractivity contribution is 0.0336. The summed E-state index contributed by atoms with van der Waals surface area (Å²) in [6.45, 7) is 7.37. The smallest absolute Gasteiger partial charge is 0.437 e. The molecule has 0 saturated heterocycles. The molecule has 1 aliphatic heterocycles. The molecule has 2 heterocycles. The second kappa shape index (κ2) is 7.87. The third kappa shape index (κ3) is 4.16. The number of carbonyl (C=O) groups is 1. The van der Waals surface area contributed by atoms with E-state index in [9.17, 15) is 14.9 Å². The number of nitrogens with zero attached hydrogens (tertiary/aromatic N) is 2.